The van der Waals surface area contributed by atoms with Gasteiger partial charge in [0.05, 0.1) is 66.2 Å². The van der Waals surface area contributed by atoms with Gasteiger partial charge >= 0.3 is 0 Å². The largest absolute Gasteiger partial charge is 0.310 e. The topological polar surface area (TPSA) is 24.1 Å². The van der Waals surface area contributed by atoms with Crippen LogP contribution in [0.1, 0.15) is 0 Å². The molecule has 6 nitrogen and oxygen atoms in total. The Morgan fingerprint density at radius 3 is 0.774 bits per heavy atom. The predicted molar refractivity (Wildman–Crippen MR) is 354 cm³/mol. The number of rotatable bonds is 6. The third kappa shape index (κ3) is 5.29. The van der Waals surface area contributed by atoms with Crippen molar-refractivity contribution in [3.63, 3.8) is 0 Å². The molecule has 0 radical (unpaired) electrons. The molecule has 0 saturated carbocycles. The molecule has 0 saturated heterocycles. The van der Waals surface area contributed by atoms with Gasteiger partial charge in [0.1, 0.15) is 0 Å². The van der Waals surface area contributed by atoms with Gasteiger partial charge in [-0.3, -0.25) is 0 Å². The fourth-order valence-corrected chi connectivity index (χ4v) is 15.9. The minimum Gasteiger partial charge on any atom is -0.310 e. The Morgan fingerprint density at radius 1 is 0.155 bits per heavy atom. The number of fused-ring (bicyclic) bond motifs is 24. The molecule has 8 aromatic heterocycles. The normalized spacial score (nSPS) is 12.8. The average molecular weight is 1070 g/mol. The Kier molecular flexibility index (Phi) is 7.94. The molecule has 0 N–H and O–H groups in total. The molecule has 0 aliphatic carbocycles. The van der Waals surface area contributed by atoms with Crippen LogP contribution in [0.3, 0.4) is 0 Å². The molecule has 0 aliphatic heterocycles. The highest BCUT2D eigenvalue weighted by atomic mass is 15.2. The highest BCUT2D eigenvalue weighted by molar-refractivity contribution is 6.31. The van der Waals surface area contributed by atoms with E-state index in [1.54, 1.807) is 0 Å². The quantitative estimate of drug-likeness (QED) is 0.166. The summed E-state index contributed by atoms with van der Waals surface area (Å²) >= 11 is 0. The fourth-order valence-electron chi connectivity index (χ4n) is 15.9. The van der Waals surface area contributed by atoms with Gasteiger partial charge in [0.2, 0.25) is 0 Å². The molecule has 0 spiro atoms. The fraction of sp³-hybridized carbons (Fsp3) is 0. The zero-order valence-electron chi connectivity index (χ0n) is 45.1. The van der Waals surface area contributed by atoms with Gasteiger partial charge in [0.15, 0.2) is 0 Å². The zero-order chi connectivity index (χ0) is 54.2. The van der Waals surface area contributed by atoms with E-state index in [0.717, 1.165) is 34.1 Å². The summed E-state index contributed by atoms with van der Waals surface area (Å²) < 4.78 is 10.0. The molecule has 0 bridgehead atoms. The first kappa shape index (κ1) is 43.5. The summed E-state index contributed by atoms with van der Waals surface area (Å²) in [5, 5.41) is 20.2. The van der Waals surface area contributed by atoms with Crippen LogP contribution in [0.4, 0.5) is 34.1 Å². The maximum absolute atomic E-state index is 2.54. The van der Waals surface area contributed by atoms with Crippen molar-refractivity contribution in [3.8, 4) is 0 Å². The number of aromatic nitrogens is 4. The van der Waals surface area contributed by atoms with Crippen LogP contribution in [-0.2, 0) is 0 Å². The number of hydrogen-bond acceptors (Lipinski definition) is 2. The molecule has 0 aliphatic rings. The molecule has 8 heterocycles. The van der Waals surface area contributed by atoms with Crippen LogP contribution in [0.25, 0.3) is 152 Å². The summed E-state index contributed by atoms with van der Waals surface area (Å²) in [6.45, 7) is 0. The van der Waals surface area contributed by atoms with Crippen molar-refractivity contribution in [1.82, 2.24) is 17.6 Å². The molecule has 0 unspecified atom stereocenters. The minimum absolute atomic E-state index is 1.12. The smallest absolute Gasteiger partial charge is 0.0622 e. The second-order valence-electron chi connectivity index (χ2n) is 23.2. The highest BCUT2D eigenvalue weighted by Crippen LogP contribution is 2.50. The lowest BCUT2D eigenvalue weighted by Crippen LogP contribution is -2.09. The first-order valence-corrected chi connectivity index (χ1v) is 29.1. The van der Waals surface area contributed by atoms with Crippen LogP contribution in [0.15, 0.2) is 267 Å². The second kappa shape index (κ2) is 15.4. The van der Waals surface area contributed by atoms with Gasteiger partial charge in [-0.2, -0.15) is 0 Å². The van der Waals surface area contributed by atoms with Crippen molar-refractivity contribution in [2.45, 2.75) is 0 Å². The maximum Gasteiger partial charge on any atom is 0.0622 e. The van der Waals surface area contributed by atoms with Crippen LogP contribution in [0.5, 0.6) is 0 Å². The minimum atomic E-state index is 1.12. The molecule has 0 amide bonds. The third-order valence-corrected chi connectivity index (χ3v) is 19.2. The van der Waals surface area contributed by atoms with E-state index in [9.17, 15) is 0 Å². The molecular weight excluding hydrogens is 1020 g/mol. The van der Waals surface area contributed by atoms with Crippen LogP contribution >= 0.6 is 0 Å². The van der Waals surface area contributed by atoms with Crippen molar-refractivity contribution in [3.05, 3.63) is 267 Å². The number of anilines is 6. The Morgan fingerprint density at radius 2 is 0.417 bits per heavy atom. The number of nitrogens with zero attached hydrogens (tertiary/aromatic N) is 6. The summed E-state index contributed by atoms with van der Waals surface area (Å²) in [6, 6.07) is 99.9. The van der Waals surface area contributed by atoms with Gasteiger partial charge in [-0.15, -0.1) is 0 Å². The second-order valence-corrected chi connectivity index (χ2v) is 23.2. The van der Waals surface area contributed by atoms with Gasteiger partial charge < -0.3 is 27.4 Å². The van der Waals surface area contributed by atoms with Crippen molar-refractivity contribution in [1.29, 1.82) is 0 Å². The third-order valence-electron chi connectivity index (χ3n) is 19.2. The monoisotopic (exact) mass is 1060 g/mol. The predicted octanol–water partition coefficient (Wildman–Crippen LogP) is 21.2. The average Bonchev–Trinajstić information content (AvgIpc) is 1.76. The van der Waals surface area contributed by atoms with Gasteiger partial charge in [0, 0.05) is 120 Å². The molecule has 21 aromatic rings. The van der Waals surface area contributed by atoms with Gasteiger partial charge in [0.25, 0.3) is 0 Å². The molecule has 6 heteroatoms. The van der Waals surface area contributed by atoms with E-state index in [2.05, 4.69) is 294 Å². The van der Waals surface area contributed by atoms with Crippen LogP contribution in [0.2, 0.25) is 0 Å². The lowest BCUT2D eigenvalue weighted by Gasteiger charge is -2.26. The Balaban J connectivity index is 0.752. The first-order chi connectivity index (χ1) is 41.7. The van der Waals surface area contributed by atoms with E-state index in [4.69, 9.17) is 0 Å². The first-order valence-electron chi connectivity index (χ1n) is 29.1. The lowest BCUT2D eigenvalue weighted by atomic mass is 10.0. The summed E-state index contributed by atoms with van der Waals surface area (Å²) in [5.41, 5.74) is 21.7. The molecule has 84 heavy (non-hydrogen) atoms. The SMILES string of the molecule is c1ccc(N(c2ccc3c(c2)c2cccc4c5cc6c(cc5n3c24)c2cccc3c4cc(N(c5ccccc5)c5cc7c8ccccc8n8c9ccccc9c(c5)c78)ccc4n6c32)c2cc3c4ccccc4n4c5ccccc5c(c2)c34)cc1. The van der Waals surface area contributed by atoms with Crippen molar-refractivity contribution >= 4 is 187 Å². The Labute approximate surface area is 478 Å². The summed E-state index contributed by atoms with van der Waals surface area (Å²) in [4.78, 5) is 4.91. The summed E-state index contributed by atoms with van der Waals surface area (Å²) in [6.07, 6.45) is 0. The number of benzene rings is 13. The van der Waals surface area contributed by atoms with E-state index in [1.165, 1.54) is 152 Å². The van der Waals surface area contributed by atoms with Crippen molar-refractivity contribution < 1.29 is 0 Å². The molecular formula is C78H44N6. The van der Waals surface area contributed by atoms with Gasteiger partial charge in [-0.25, -0.2) is 0 Å². The zero-order valence-corrected chi connectivity index (χ0v) is 45.1. The van der Waals surface area contributed by atoms with E-state index >= 15 is 0 Å². The summed E-state index contributed by atoms with van der Waals surface area (Å²) in [7, 11) is 0. The van der Waals surface area contributed by atoms with Gasteiger partial charge in [-0.05, 0) is 121 Å². The molecule has 386 valence electrons. The van der Waals surface area contributed by atoms with Crippen molar-refractivity contribution in [2.24, 2.45) is 0 Å². The molecule has 0 fully saturated rings. The van der Waals surface area contributed by atoms with Crippen LogP contribution in [-0.4, -0.2) is 17.6 Å². The number of para-hydroxylation sites is 8. The van der Waals surface area contributed by atoms with E-state index in [1.807, 2.05) is 0 Å². The standard InChI is InChI=1S/C78H44N6/c1-3-17-45(18-4-1)79(49-39-63-51-21-7-11-29-67(51)81-68-30-12-8-22-52(68)64(40-49)77(63)81)47-33-35-71-59(37-47)55-25-15-27-57-61-44-74-62(43-73(61)83(71)75(55)57)58-28-16-26-56-60-38-48(34-36-72(60)84(74)76(56)58)80(46-19-5-2-6-20-46)50-41-65-53-23-9-13-31-69(53)82-70-32-14-10-24-54(70)66(42-50)78(65)82/h1-44H. The van der Waals surface area contributed by atoms with E-state index in [-0.39, 0.29) is 0 Å². The maximum atomic E-state index is 2.54. The van der Waals surface area contributed by atoms with Crippen LogP contribution < -0.4 is 9.80 Å². The van der Waals surface area contributed by atoms with Crippen molar-refractivity contribution in [2.75, 3.05) is 9.80 Å². The lowest BCUT2D eigenvalue weighted by molar-refractivity contribution is 1.29. The highest BCUT2D eigenvalue weighted by Gasteiger charge is 2.27. The summed E-state index contributed by atoms with van der Waals surface area (Å²) in [5.74, 6) is 0. The van der Waals surface area contributed by atoms with Crippen LogP contribution in [0, 0.1) is 0 Å². The number of hydrogen-bond donors (Lipinski definition) is 0. The molecule has 0 atom stereocenters. The molecule has 13 aromatic carbocycles. The van der Waals surface area contributed by atoms with E-state index in [0.29, 0.717) is 0 Å². The van der Waals surface area contributed by atoms with Gasteiger partial charge in [-0.1, -0.05) is 146 Å². The Hall–Kier alpha value is -11.3. The van der Waals surface area contributed by atoms with E-state index < -0.39 is 0 Å². The molecule has 21 rings (SSSR count). The Bertz CT molecular complexity index is 5800.